The van der Waals surface area contributed by atoms with Crippen LogP contribution in [0.5, 0.6) is 0 Å². The number of para-hydroxylation sites is 1. The molecule has 52 heavy (non-hydrogen) atoms. The van der Waals surface area contributed by atoms with Gasteiger partial charge in [0.2, 0.25) is 0 Å². The predicted octanol–water partition coefficient (Wildman–Crippen LogP) is 14.4. The van der Waals surface area contributed by atoms with Crippen LogP contribution in [0.4, 0.5) is 17.1 Å². The molecule has 0 N–H and O–H groups in total. The van der Waals surface area contributed by atoms with Crippen molar-refractivity contribution in [3.05, 3.63) is 200 Å². The highest BCUT2D eigenvalue weighted by atomic mass is 16.3. The van der Waals surface area contributed by atoms with Crippen LogP contribution in [-0.4, -0.2) is 0 Å². The number of nitrogens with zero attached hydrogens (tertiary/aromatic N) is 1. The third-order valence-corrected chi connectivity index (χ3v) is 10.3. The van der Waals surface area contributed by atoms with E-state index in [9.17, 15) is 0 Å². The zero-order valence-electron chi connectivity index (χ0n) is 28.4. The summed E-state index contributed by atoms with van der Waals surface area (Å²) in [7, 11) is 0. The van der Waals surface area contributed by atoms with Gasteiger partial charge in [0.25, 0.3) is 0 Å². The molecule has 0 atom stereocenters. The first-order chi connectivity index (χ1) is 25.8. The summed E-state index contributed by atoms with van der Waals surface area (Å²) in [4.78, 5) is 2.45. The molecular formula is C50H33NO. The molecule has 0 saturated carbocycles. The van der Waals surface area contributed by atoms with Crippen LogP contribution in [-0.2, 0) is 0 Å². The molecule has 0 bridgehead atoms. The standard InChI is InChI=1S/C50H33NO/c1-3-13-34(14-4-1)36-23-25-38(26-24-36)49-45(31-32-48-50(49)44-21-11-12-22-47(44)52-48)51(40-29-27-37(28-30-40)35-15-5-2-6-16-35)46-33-39-17-7-8-18-41(39)42-19-9-10-20-43(42)46/h1-33H. The molecule has 0 aliphatic rings. The molecule has 0 unspecified atom stereocenters. The monoisotopic (exact) mass is 663 g/mol. The third-order valence-electron chi connectivity index (χ3n) is 10.3. The lowest BCUT2D eigenvalue weighted by Crippen LogP contribution is -2.12. The van der Waals surface area contributed by atoms with Crippen LogP contribution in [0, 0.1) is 0 Å². The Morgan fingerprint density at radius 3 is 1.54 bits per heavy atom. The smallest absolute Gasteiger partial charge is 0.136 e. The van der Waals surface area contributed by atoms with Crippen LogP contribution >= 0.6 is 0 Å². The van der Waals surface area contributed by atoms with Gasteiger partial charge in [0.05, 0.1) is 11.4 Å². The van der Waals surface area contributed by atoms with Crippen molar-refractivity contribution >= 4 is 60.5 Å². The van der Waals surface area contributed by atoms with Gasteiger partial charge in [0.15, 0.2) is 0 Å². The fourth-order valence-electron chi connectivity index (χ4n) is 7.81. The van der Waals surface area contributed by atoms with Crippen LogP contribution in [0.2, 0.25) is 0 Å². The van der Waals surface area contributed by atoms with Gasteiger partial charge in [-0.15, -0.1) is 0 Å². The quantitative estimate of drug-likeness (QED) is 0.165. The maximum absolute atomic E-state index is 6.53. The van der Waals surface area contributed by atoms with Crippen molar-refractivity contribution in [3.8, 4) is 33.4 Å². The molecule has 0 saturated heterocycles. The van der Waals surface area contributed by atoms with Crippen molar-refractivity contribution in [1.29, 1.82) is 0 Å². The fraction of sp³-hybridized carbons (Fsp3) is 0. The lowest BCUT2D eigenvalue weighted by Gasteiger charge is -2.30. The molecule has 0 radical (unpaired) electrons. The van der Waals surface area contributed by atoms with Gasteiger partial charge in [0, 0.05) is 27.4 Å². The Kier molecular flexibility index (Phi) is 7.18. The molecule has 2 nitrogen and oxygen atoms in total. The number of rotatable bonds is 6. The number of anilines is 3. The molecule has 0 aliphatic carbocycles. The second-order valence-corrected chi connectivity index (χ2v) is 13.3. The van der Waals surface area contributed by atoms with Crippen LogP contribution in [0.3, 0.4) is 0 Å². The first kappa shape index (κ1) is 30.0. The van der Waals surface area contributed by atoms with Crippen molar-refractivity contribution in [2.75, 3.05) is 4.90 Å². The fourth-order valence-corrected chi connectivity index (χ4v) is 7.81. The van der Waals surface area contributed by atoms with E-state index in [-0.39, 0.29) is 0 Å². The molecule has 1 heterocycles. The van der Waals surface area contributed by atoms with Crippen molar-refractivity contribution in [2.24, 2.45) is 0 Å². The average Bonchev–Trinajstić information content (AvgIpc) is 3.61. The first-order valence-electron chi connectivity index (χ1n) is 17.8. The van der Waals surface area contributed by atoms with E-state index in [4.69, 9.17) is 4.42 Å². The van der Waals surface area contributed by atoms with Gasteiger partial charge in [-0.1, -0.05) is 164 Å². The molecule has 0 spiro atoms. The van der Waals surface area contributed by atoms with E-state index >= 15 is 0 Å². The zero-order valence-corrected chi connectivity index (χ0v) is 28.4. The van der Waals surface area contributed by atoms with Gasteiger partial charge in [0.1, 0.15) is 11.2 Å². The third kappa shape index (κ3) is 5.04. The maximum Gasteiger partial charge on any atom is 0.136 e. The van der Waals surface area contributed by atoms with E-state index < -0.39 is 0 Å². The minimum absolute atomic E-state index is 0.870. The van der Waals surface area contributed by atoms with Crippen LogP contribution < -0.4 is 4.90 Å². The van der Waals surface area contributed by atoms with Crippen molar-refractivity contribution in [2.45, 2.75) is 0 Å². The highest BCUT2D eigenvalue weighted by Crippen LogP contribution is 2.49. The van der Waals surface area contributed by atoms with Gasteiger partial charge in [-0.2, -0.15) is 0 Å². The number of hydrogen-bond acceptors (Lipinski definition) is 2. The lowest BCUT2D eigenvalue weighted by molar-refractivity contribution is 0.669. The average molecular weight is 664 g/mol. The summed E-state index contributed by atoms with van der Waals surface area (Å²) in [5.74, 6) is 0. The highest BCUT2D eigenvalue weighted by Gasteiger charge is 2.24. The van der Waals surface area contributed by atoms with Crippen LogP contribution in [0.1, 0.15) is 0 Å². The van der Waals surface area contributed by atoms with Crippen LogP contribution in [0.15, 0.2) is 205 Å². The summed E-state index contributed by atoms with van der Waals surface area (Å²) in [5, 5.41) is 7.07. The Morgan fingerprint density at radius 2 is 0.846 bits per heavy atom. The molecule has 0 fully saturated rings. The van der Waals surface area contributed by atoms with E-state index in [1.807, 2.05) is 6.07 Å². The molecule has 1 aromatic heterocycles. The Labute approximate surface area is 302 Å². The molecule has 10 aromatic rings. The van der Waals surface area contributed by atoms with Gasteiger partial charge in [-0.05, 0) is 80.4 Å². The summed E-state index contributed by atoms with van der Waals surface area (Å²) < 4.78 is 6.53. The van der Waals surface area contributed by atoms with Gasteiger partial charge in [-0.3, -0.25) is 0 Å². The highest BCUT2D eigenvalue weighted by molar-refractivity contribution is 6.19. The minimum atomic E-state index is 0.870. The SMILES string of the molecule is c1ccc(-c2ccc(-c3c(N(c4ccc(-c5ccccc5)cc4)c4cc5ccccc5c5ccccc45)ccc4oc5ccccc5c34)cc2)cc1. The normalized spacial score (nSPS) is 11.5. The molecule has 2 heteroatoms. The second kappa shape index (κ2) is 12.5. The summed E-state index contributed by atoms with van der Waals surface area (Å²) in [6.07, 6.45) is 0. The Hall–Kier alpha value is -6.90. The van der Waals surface area contributed by atoms with Crippen molar-refractivity contribution in [1.82, 2.24) is 0 Å². The number of benzene rings is 9. The summed E-state index contributed by atoms with van der Waals surface area (Å²) in [6.45, 7) is 0. The summed E-state index contributed by atoms with van der Waals surface area (Å²) in [6, 6.07) is 71.7. The van der Waals surface area contributed by atoms with E-state index in [2.05, 4.69) is 199 Å². The lowest BCUT2D eigenvalue weighted by atomic mass is 9.93. The largest absolute Gasteiger partial charge is 0.456 e. The number of hydrogen-bond donors (Lipinski definition) is 0. The van der Waals surface area contributed by atoms with Gasteiger partial charge < -0.3 is 9.32 Å². The Bertz CT molecular complexity index is 2870. The Balaban J connectivity index is 1.28. The van der Waals surface area contributed by atoms with E-state index in [0.29, 0.717) is 0 Å². The number of fused-ring (bicyclic) bond motifs is 6. The van der Waals surface area contributed by atoms with E-state index in [0.717, 1.165) is 50.1 Å². The predicted molar refractivity (Wildman–Crippen MR) is 220 cm³/mol. The second-order valence-electron chi connectivity index (χ2n) is 13.3. The van der Waals surface area contributed by atoms with Crippen molar-refractivity contribution in [3.63, 3.8) is 0 Å². The van der Waals surface area contributed by atoms with Crippen molar-refractivity contribution < 1.29 is 4.42 Å². The molecule has 0 aliphatic heterocycles. The molecule has 0 amide bonds. The Morgan fingerprint density at radius 1 is 0.327 bits per heavy atom. The van der Waals surface area contributed by atoms with E-state index in [1.165, 1.54) is 43.8 Å². The summed E-state index contributed by atoms with van der Waals surface area (Å²) in [5.41, 5.74) is 12.1. The zero-order chi connectivity index (χ0) is 34.4. The minimum Gasteiger partial charge on any atom is -0.456 e. The number of furan rings is 1. The van der Waals surface area contributed by atoms with Gasteiger partial charge in [-0.25, -0.2) is 0 Å². The van der Waals surface area contributed by atoms with E-state index in [1.54, 1.807) is 0 Å². The molecule has 10 rings (SSSR count). The maximum atomic E-state index is 6.53. The summed E-state index contributed by atoms with van der Waals surface area (Å²) >= 11 is 0. The van der Waals surface area contributed by atoms with Gasteiger partial charge >= 0.3 is 0 Å². The molecule has 9 aromatic carbocycles. The van der Waals surface area contributed by atoms with Crippen LogP contribution in [0.25, 0.3) is 76.9 Å². The molecule has 244 valence electrons. The topological polar surface area (TPSA) is 16.4 Å². The first-order valence-corrected chi connectivity index (χ1v) is 17.8. The molecular weight excluding hydrogens is 631 g/mol.